The van der Waals surface area contributed by atoms with Crippen molar-refractivity contribution in [3.8, 4) is 16.3 Å². The molecule has 2 heterocycles. The Kier molecular flexibility index (Phi) is 6.42. The van der Waals surface area contributed by atoms with Gasteiger partial charge in [-0.1, -0.05) is 12.1 Å². The molecule has 4 rings (SSSR count). The molecule has 0 amide bonds. The first-order valence-corrected chi connectivity index (χ1v) is 10.9. The predicted octanol–water partition coefficient (Wildman–Crippen LogP) is 6.22. The van der Waals surface area contributed by atoms with Crippen LogP contribution < -0.4 is 4.74 Å². The zero-order chi connectivity index (χ0) is 23.6. The van der Waals surface area contributed by atoms with E-state index in [0.29, 0.717) is 34.9 Å². The minimum atomic E-state index is -4.36. The van der Waals surface area contributed by atoms with Crippen LogP contribution in [0.5, 0.6) is 5.75 Å². The number of aryl methyl sites for hydroxylation is 1. The molecule has 5 nitrogen and oxygen atoms in total. The van der Waals surface area contributed by atoms with Crippen LogP contribution in [0.3, 0.4) is 0 Å². The second kappa shape index (κ2) is 9.27. The van der Waals surface area contributed by atoms with Gasteiger partial charge in [-0.2, -0.15) is 13.2 Å². The number of methoxy groups -OCH3 is 1. The molecule has 0 fully saturated rings. The molecule has 0 aliphatic heterocycles. The lowest BCUT2D eigenvalue weighted by molar-refractivity contribution is -0.140. The fourth-order valence-electron chi connectivity index (χ4n) is 3.37. The Hall–Kier alpha value is -3.33. The molecule has 0 saturated carbocycles. The summed E-state index contributed by atoms with van der Waals surface area (Å²) in [6, 6.07) is 10.4. The second-order valence-corrected chi connectivity index (χ2v) is 8.57. The summed E-state index contributed by atoms with van der Waals surface area (Å²) in [5, 5.41) is 1.50. The molecule has 0 atom stereocenters. The van der Waals surface area contributed by atoms with Gasteiger partial charge in [-0.15, -0.1) is 11.3 Å². The van der Waals surface area contributed by atoms with Crippen molar-refractivity contribution in [3.63, 3.8) is 0 Å². The molecule has 0 aliphatic carbocycles. The number of alkyl halides is 3. The van der Waals surface area contributed by atoms with Crippen LogP contribution in [0.4, 0.5) is 13.2 Å². The molecule has 2 aromatic carbocycles. The first kappa shape index (κ1) is 22.8. The van der Waals surface area contributed by atoms with E-state index in [4.69, 9.17) is 13.9 Å². The first-order valence-electron chi connectivity index (χ1n) is 10.1. The van der Waals surface area contributed by atoms with E-state index in [9.17, 15) is 18.0 Å². The van der Waals surface area contributed by atoms with Crippen LogP contribution in [0.1, 0.15) is 21.7 Å². The molecule has 0 aliphatic rings. The third-order valence-electron chi connectivity index (χ3n) is 5.15. The van der Waals surface area contributed by atoms with Crippen LogP contribution in [-0.2, 0) is 28.5 Å². The van der Waals surface area contributed by atoms with Gasteiger partial charge in [-0.25, -0.2) is 4.98 Å². The van der Waals surface area contributed by atoms with Crippen LogP contribution in [-0.4, -0.2) is 24.7 Å². The lowest BCUT2D eigenvalue weighted by Gasteiger charge is -2.06. The molecule has 0 radical (unpaired) electrons. The van der Waals surface area contributed by atoms with Crippen molar-refractivity contribution in [2.45, 2.75) is 25.9 Å². The number of thiazole rings is 1. The summed E-state index contributed by atoms with van der Waals surface area (Å²) < 4.78 is 54.4. The number of furan rings is 1. The summed E-state index contributed by atoms with van der Waals surface area (Å²) in [6.45, 7) is 2.30. The van der Waals surface area contributed by atoms with Gasteiger partial charge in [0.05, 0.1) is 37.7 Å². The van der Waals surface area contributed by atoms with Crippen molar-refractivity contribution in [2.75, 3.05) is 13.7 Å². The Labute approximate surface area is 191 Å². The summed E-state index contributed by atoms with van der Waals surface area (Å²) in [6.07, 6.45) is -2.14. The average molecular weight is 475 g/mol. The zero-order valence-corrected chi connectivity index (χ0v) is 18.7. The summed E-state index contributed by atoms with van der Waals surface area (Å²) in [4.78, 5) is 17.1. The van der Waals surface area contributed by atoms with Crippen LogP contribution in [0.15, 0.2) is 53.1 Å². The third-order valence-corrected chi connectivity index (χ3v) is 6.21. The predicted molar refractivity (Wildman–Crippen MR) is 118 cm³/mol. The number of fused-ring (bicyclic) bond motifs is 1. The van der Waals surface area contributed by atoms with E-state index in [2.05, 4.69) is 4.98 Å². The number of ether oxygens (including phenoxy) is 2. The number of halogens is 3. The lowest BCUT2D eigenvalue weighted by atomic mass is 10.1. The third kappa shape index (κ3) is 5.19. The van der Waals surface area contributed by atoms with Gasteiger partial charge in [0.25, 0.3) is 0 Å². The highest BCUT2D eigenvalue weighted by Gasteiger charge is 2.30. The Morgan fingerprint density at radius 2 is 1.91 bits per heavy atom. The molecular weight excluding hydrogens is 455 g/mol. The lowest BCUT2D eigenvalue weighted by Crippen LogP contribution is -2.04. The minimum Gasteiger partial charge on any atom is -0.493 e. The number of carbonyl (C=O) groups is 1. The molecule has 33 heavy (non-hydrogen) atoms. The molecule has 0 unspecified atom stereocenters. The van der Waals surface area contributed by atoms with E-state index in [0.717, 1.165) is 33.7 Å². The highest BCUT2D eigenvalue weighted by Crippen LogP contribution is 2.33. The normalized spacial score (nSPS) is 11.7. The first-order chi connectivity index (χ1) is 15.7. The van der Waals surface area contributed by atoms with E-state index in [1.807, 2.05) is 13.0 Å². The van der Waals surface area contributed by atoms with Gasteiger partial charge in [-0.3, -0.25) is 4.79 Å². The fraction of sp³-hybridized carbons (Fsp3) is 0.250. The van der Waals surface area contributed by atoms with Gasteiger partial charge < -0.3 is 13.9 Å². The van der Waals surface area contributed by atoms with Crippen molar-refractivity contribution in [2.24, 2.45) is 0 Å². The van der Waals surface area contributed by atoms with E-state index in [1.165, 1.54) is 36.8 Å². The number of nitrogens with zero attached hydrogens (tertiary/aromatic N) is 1. The molecular formula is C24H20F3NO4S. The van der Waals surface area contributed by atoms with Crippen molar-refractivity contribution in [1.29, 1.82) is 0 Å². The largest absolute Gasteiger partial charge is 0.493 e. The van der Waals surface area contributed by atoms with E-state index in [1.54, 1.807) is 12.1 Å². The molecule has 4 aromatic rings. The minimum absolute atomic E-state index is 0.133. The SMILES string of the molecule is COC(=O)Cc1coc2cc(OCCc3nc(-c4ccc(C(F)(F)F)cc4)sc3C)ccc12. The van der Waals surface area contributed by atoms with E-state index in [-0.39, 0.29) is 12.4 Å². The molecule has 0 bridgehead atoms. The summed E-state index contributed by atoms with van der Waals surface area (Å²) in [5.74, 6) is 0.282. The number of benzene rings is 2. The van der Waals surface area contributed by atoms with Crippen molar-refractivity contribution < 1.29 is 31.9 Å². The topological polar surface area (TPSA) is 61.6 Å². The molecule has 0 N–H and O–H groups in total. The Morgan fingerprint density at radius 3 is 2.61 bits per heavy atom. The van der Waals surface area contributed by atoms with Crippen LogP contribution in [0.2, 0.25) is 0 Å². The van der Waals surface area contributed by atoms with Crippen LogP contribution in [0, 0.1) is 6.92 Å². The smallest absolute Gasteiger partial charge is 0.416 e. The maximum absolute atomic E-state index is 12.8. The maximum Gasteiger partial charge on any atom is 0.416 e. The number of hydrogen-bond donors (Lipinski definition) is 0. The quantitative estimate of drug-likeness (QED) is 0.297. The van der Waals surface area contributed by atoms with Gasteiger partial charge in [0, 0.05) is 33.9 Å². The standard InChI is InChI=1S/C24H20F3NO4S/c1-14-20(28-23(33-14)15-3-5-17(6-4-15)24(25,26)27)9-10-31-18-7-8-19-16(11-22(29)30-2)13-32-21(19)12-18/h3-8,12-13H,9-11H2,1-2H3. The van der Waals surface area contributed by atoms with Crippen molar-refractivity contribution in [1.82, 2.24) is 4.98 Å². The highest BCUT2D eigenvalue weighted by atomic mass is 32.1. The molecule has 9 heteroatoms. The van der Waals surface area contributed by atoms with Gasteiger partial charge in [-0.05, 0) is 31.2 Å². The molecule has 0 saturated heterocycles. The van der Waals surface area contributed by atoms with Crippen molar-refractivity contribution in [3.05, 3.63) is 70.4 Å². The van der Waals surface area contributed by atoms with Gasteiger partial charge in [0.2, 0.25) is 0 Å². The summed E-state index contributed by atoms with van der Waals surface area (Å²) >= 11 is 1.44. The highest BCUT2D eigenvalue weighted by molar-refractivity contribution is 7.15. The Bertz CT molecular complexity index is 1280. The Balaban J connectivity index is 1.39. The molecule has 2 aromatic heterocycles. The van der Waals surface area contributed by atoms with E-state index >= 15 is 0 Å². The summed E-state index contributed by atoms with van der Waals surface area (Å²) in [5.41, 5.74) is 2.17. The van der Waals surface area contributed by atoms with Gasteiger partial charge in [0.1, 0.15) is 16.3 Å². The fourth-order valence-corrected chi connectivity index (χ4v) is 4.33. The number of rotatable bonds is 7. The number of carbonyl (C=O) groups excluding carboxylic acids is 1. The number of aromatic nitrogens is 1. The molecule has 172 valence electrons. The number of esters is 1. The monoisotopic (exact) mass is 475 g/mol. The van der Waals surface area contributed by atoms with Crippen LogP contribution in [0.25, 0.3) is 21.5 Å². The van der Waals surface area contributed by atoms with Crippen molar-refractivity contribution >= 4 is 28.3 Å². The zero-order valence-electron chi connectivity index (χ0n) is 17.9. The summed E-state index contributed by atoms with van der Waals surface area (Å²) in [7, 11) is 1.34. The molecule has 0 spiro atoms. The van der Waals surface area contributed by atoms with Gasteiger partial charge in [0.15, 0.2) is 0 Å². The van der Waals surface area contributed by atoms with E-state index < -0.39 is 11.7 Å². The number of hydrogen-bond acceptors (Lipinski definition) is 6. The van der Waals surface area contributed by atoms with Crippen LogP contribution >= 0.6 is 11.3 Å². The average Bonchev–Trinajstić information content (AvgIpc) is 3.36. The van der Waals surface area contributed by atoms with Gasteiger partial charge >= 0.3 is 12.1 Å². The maximum atomic E-state index is 12.8. The Morgan fingerprint density at radius 1 is 1.15 bits per heavy atom. The second-order valence-electron chi connectivity index (χ2n) is 7.37.